The van der Waals surface area contributed by atoms with Gasteiger partial charge in [-0.1, -0.05) is 12.1 Å². The summed E-state index contributed by atoms with van der Waals surface area (Å²) < 4.78 is 10.8. The summed E-state index contributed by atoms with van der Waals surface area (Å²) in [5, 5.41) is 8.55. The second-order valence-corrected chi connectivity index (χ2v) is 4.01. The van der Waals surface area contributed by atoms with Crippen LogP contribution < -0.4 is 10.5 Å². The van der Waals surface area contributed by atoms with Crippen molar-refractivity contribution in [3.8, 4) is 5.75 Å². The number of aryl methyl sites for hydroxylation is 1. The van der Waals surface area contributed by atoms with E-state index in [1.54, 1.807) is 0 Å². The van der Waals surface area contributed by atoms with Crippen molar-refractivity contribution in [2.24, 2.45) is 5.73 Å². The molecule has 0 aliphatic heterocycles. The second kappa shape index (κ2) is 7.27. The molecule has 96 valence electrons. The number of benzene rings is 1. The van der Waals surface area contributed by atoms with Crippen LogP contribution in [0.5, 0.6) is 5.75 Å². The number of hydrogen-bond acceptors (Lipinski definition) is 4. The monoisotopic (exact) mass is 239 g/mol. The first-order valence-electron chi connectivity index (χ1n) is 5.82. The fourth-order valence-corrected chi connectivity index (χ4v) is 1.52. The predicted octanol–water partition coefficient (Wildman–Crippen LogP) is 1.40. The lowest BCUT2D eigenvalue weighted by molar-refractivity contribution is 0.0702. The van der Waals surface area contributed by atoms with Crippen LogP contribution in [-0.2, 0) is 4.74 Å². The van der Waals surface area contributed by atoms with Crippen molar-refractivity contribution >= 4 is 0 Å². The van der Waals surface area contributed by atoms with Gasteiger partial charge in [0.25, 0.3) is 0 Å². The molecule has 0 aromatic heterocycles. The average Bonchev–Trinajstić information content (AvgIpc) is 2.28. The highest BCUT2D eigenvalue weighted by Crippen LogP contribution is 2.24. The molecule has 0 radical (unpaired) electrons. The van der Waals surface area contributed by atoms with E-state index >= 15 is 0 Å². The minimum atomic E-state index is -0.0519. The van der Waals surface area contributed by atoms with E-state index in [1.165, 1.54) is 0 Å². The Balaban J connectivity index is 2.53. The lowest BCUT2D eigenvalue weighted by Gasteiger charge is -2.14. The smallest absolute Gasteiger partial charge is 0.124 e. The van der Waals surface area contributed by atoms with Crippen molar-refractivity contribution in [1.82, 2.24) is 0 Å². The van der Waals surface area contributed by atoms with Crippen LogP contribution in [0.2, 0.25) is 0 Å². The van der Waals surface area contributed by atoms with Gasteiger partial charge in [-0.05, 0) is 25.5 Å². The van der Waals surface area contributed by atoms with Crippen molar-refractivity contribution in [3.05, 3.63) is 29.3 Å². The molecule has 3 N–H and O–H groups in total. The second-order valence-electron chi connectivity index (χ2n) is 4.01. The van der Waals surface area contributed by atoms with Crippen molar-refractivity contribution in [2.75, 3.05) is 26.4 Å². The van der Waals surface area contributed by atoms with Crippen LogP contribution in [-0.4, -0.2) is 31.5 Å². The molecule has 4 heteroatoms. The van der Waals surface area contributed by atoms with Gasteiger partial charge in [-0.25, -0.2) is 0 Å². The first-order valence-corrected chi connectivity index (χ1v) is 5.82. The Kier molecular flexibility index (Phi) is 5.97. The number of aliphatic hydroxyl groups is 1. The standard InChI is InChI=1S/C13H21NO3/c1-10-3-4-12(11(2)14)13(9-10)17-8-7-16-6-5-15/h3-4,9,11,15H,5-8,14H2,1-2H3. The van der Waals surface area contributed by atoms with E-state index in [0.717, 1.165) is 16.9 Å². The molecular formula is C13H21NO3. The van der Waals surface area contributed by atoms with Gasteiger partial charge in [-0.15, -0.1) is 0 Å². The Bertz CT molecular complexity index is 339. The highest BCUT2D eigenvalue weighted by molar-refractivity contribution is 5.38. The number of nitrogens with two attached hydrogens (primary N) is 1. The van der Waals surface area contributed by atoms with E-state index in [9.17, 15) is 0 Å². The van der Waals surface area contributed by atoms with Crippen LogP contribution in [0.15, 0.2) is 18.2 Å². The van der Waals surface area contributed by atoms with Gasteiger partial charge in [0, 0.05) is 11.6 Å². The highest BCUT2D eigenvalue weighted by atomic mass is 16.5. The zero-order chi connectivity index (χ0) is 12.7. The van der Waals surface area contributed by atoms with Crippen molar-refractivity contribution in [1.29, 1.82) is 0 Å². The molecule has 0 aliphatic rings. The lowest BCUT2D eigenvalue weighted by atomic mass is 10.1. The van der Waals surface area contributed by atoms with Gasteiger partial charge in [0.2, 0.25) is 0 Å². The summed E-state index contributed by atoms with van der Waals surface area (Å²) in [6.45, 7) is 5.25. The van der Waals surface area contributed by atoms with Gasteiger partial charge in [0.1, 0.15) is 12.4 Å². The van der Waals surface area contributed by atoms with Gasteiger partial charge < -0.3 is 20.3 Å². The molecule has 0 bridgehead atoms. The molecule has 1 atom stereocenters. The van der Waals surface area contributed by atoms with E-state index in [1.807, 2.05) is 32.0 Å². The fraction of sp³-hybridized carbons (Fsp3) is 0.538. The van der Waals surface area contributed by atoms with Crippen LogP contribution in [0.25, 0.3) is 0 Å². The summed E-state index contributed by atoms with van der Waals surface area (Å²) >= 11 is 0. The largest absolute Gasteiger partial charge is 0.491 e. The Morgan fingerprint density at radius 2 is 2.06 bits per heavy atom. The molecule has 1 aromatic rings. The zero-order valence-electron chi connectivity index (χ0n) is 10.5. The third-order valence-corrected chi connectivity index (χ3v) is 2.38. The summed E-state index contributed by atoms with van der Waals surface area (Å²) in [4.78, 5) is 0. The number of ether oxygens (including phenoxy) is 2. The van der Waals surface area contributed by atoms with Gasteiger partial charge in [-0.3, -0.25) is 0 Å². The quantitative estimate of drug-likeness (QED) is 0.706. The molecule has 0 spiro atoms. The molecule has 0 saturated carbocycles. The number of aliphatic hydroxyl groups excluding tert-OH is 1. The van der Waals surface area contributed by atoms with Gasteiger partial charge in [0.15, 0.2) is 0 Å². The Hall–Kier alpha value is -1.10. The molecule has 1 rings (SSSR count). The first-order chi connectivity index (χ1) is 8.15. The Morgan fingerprint density at radius 3 is 2.71 bits per heavy atom. The third kappa shape index (κ3) is 4.73. The van der Waals surface area contributed by atoms with E-state index in [4.69, 9.17) is 20.3 Å². The Labute approximate surface area is 102 Å². The summed E-state index contributed by atoms with van der Waals surface area (Å²) in [7, 11) is 0. The van der Waals surface area contributed by atoms with Crippen LogP contribution in [0, 0.1) is 6.92 Å². The molecular weight excluding hydrogens is 218 g/mol. The molecule has 0 fully saturated rings. The minimum Gasteiger partial charge on any atom is -0.491 e. The average molecular weight is 239 g/mol. The topological polar surface area (TPSA) is 64.7 Å². The van der Waals surface area contributed by atoms with Crippen molar-refractivity contribution in [3.63, 3.8) is 0 Å². The maximum absolute atomic E-state index is 8.55. The highest BCUT2D eigenvalue weighted by Gasteiger charge is 2.08. The number of hydrogen-bond donors (Lipinski definition) is 2. The molecule has 0 aliphatic carbocycles. The van der Waals surface area contributed by atoms with E-state index in [2.05, 4.69) is 0 Å². The van der Waals surface area contributed by atoms with Crippen LogP contribution in [0.3, 0.4) is 0 Å². The summed E-state index contributed by atoms with van der Waals surface area (Å²) in [5.41, 5.74) is 8.01. The summed E-state index contributed by atoms with van der Waals surface area (Å²) in [6.07, 6.45) is 0. The number of rotatable bonds is 7. The molecule has 0 heterocycles. The van der Waals surface area contributed by atoms with E-state index in [-0.39, 0.29) is 12.6 Å². The van der Waals surface area contributed by atoms with Crippen LogP contribution in [0.4, 0.5) is 0 Å². The van der Waals surface area contributed by atoms with E-state index in [0.29, 0.717) is 19.8 Å². The molecule has 0 amide bonds. The molecule has 0 saturated heterocycles. The predicted molar refractivity (Wildman–Crippen MR) is 67.2 cm³/mol. The SMILES string of the molecule is Cc1ccc(C(C)N)c(OCCOCCO)c1. The van der Waals surface area contributed by atoms with Crippen molar-refractivity contribution < 1.29 is 14.6 Å². The summed E-state index contributed by atoms with van der Waals surface area (Å²) in [5.74, 6) is 0.813. The Morgan fingerprint density at radius 1 is 1.29 bits per heavy atom. The molecule has 4 nitrogen and oxygen atoms in total. The maximum atomic E-state index is 8.55. The molecule has 1 aromatic carbocycles. The maximum Gasteiger partial charge on any atom is 0.124 e. The van der Waals surface area contributed by atoms with Gasteiger partial charge in [0.05, 0.1) is 19.8 Å². The van der Waals surface area contributed by atoms with Crippen LogP contribution in [0.1, 0.15) is 24.1 Å². The van der Waals surface area contributed by atoms with Crippen LogP contribution >= 0.6 is 0 Å². The first kappa shape index (κ1) is 14.0. The molecule has 1 unspecified atom stereocenters. The van der Waals surface area contributed by atoms with Gasteiger partial charge >= 0.3 is 0 Å². The normalized spacial score (nSPS) is 12.5. The molecule has 17 heavy (non-hydrogen) atoms. The minimum absolute atomic E-state index is 0.0372. The van der Waals surface area contributed by atoms with Crippen molar-refractivity contribution in [2.45, 2.75) is 19.9 Å². The van der Waals surface area contributed by atoms with E-state index < -0.39 is 0 Å². The lowest BCUT2D eigenvalue weighted by Crippen LogP contribution is -2.12. The fourth-order valence-electron chi connectivity index (χ4n) is 1.52. The zero-order valence-corrected chi connectivity index (χ0v) is 10.5. The third-order valence-electron chi connectivity index (χ3n) is 2.38. The summed E-state index contributed by atoms with van der Waals surface area (Å²) in [6, 6.07) is 5.94. The van der Waals surface area contributed by atoms with Gasteiger partial charge in [-0.2, -0.15) is 0 Å².